The van der Waals surface area contributed by atoms with E-state index in [1.54, 1.807) is 0 Å². The monoisotopic (exact) mass is 356 g/mol. The van der Waals surface area contributed by atoms with Crippen molar-refractivity contribution in [1.29, 1.82) is 0 Å². The molecule has 0 radical (unpaired) electrons. The number of ketones is 1. The van der Waals surface area contributed by atoms with Crippen LogP contribution in [0.25, 0.3) is 6.08 Å². The summed E-state index contributed by atoms with van der Waals surface area (Å²) >= 11 is 1.88. The molecule has 2 heteroatoms. The molecule has 4 rings (SSSR count). The fourth-order valence-corrected chi connectivity index (χ4v) is 4.90. The molecule has 0 bridgehead atoms. The van der Waals surface area contributed by atoms with Crippen molar-refractivity contribution in [2.45, 2.75) is 16.9 Å². The largest absolute Gasteiger partial charge is 0.294 e. The van der Waals surface area contributed by atoms with Crippen molar-refractivity contribution in [3.8, 4) is 0 Å². The minimum atomic E-state index is 0.0582. The summed E-state index contributed by atoms with van der Waals surface area (Å²) in [5.74, 6) is 0.246. The molecule has 1 saturated heterocycles. The van der Waals surface area contributed by atoms with E-state index in [1.807, 2.05) is 66.4 Å². The normalized spacial score (nSPS) is 21.7. The van der Waals surface area contributed by atoms with Crippen LogP contribution in [-0.4, -0.2) is 5.78 Å². The second-order valence-electron chi connectivity index (χ2n) is 6.46. The zero-order chi connectivity index (χ0) is 17.8. The first-order chi connectivity index (χ1) is 12.8. The van der Waals surface area contributed by atoms with Gasteiger partial charge in [0.1, 0.15) is 0 Å². The second kappa shape index (κ2) is 7.76. The van der Waals surface area contributed by atoms with E-state index in [0.29, 0.717) is 6.42 Å². The van der Waals surface area contributed by atoms with Gasteiger partial charge in [-0.25, -0.2) is 0 Å². The summed E-state index contributed by atoms with van der Waals surface area (Å²) < 4.78 is 0. The van der Waals surface area contributed by atoms with Crippen LogP contribution in [0.15, 0.2) is 96.6 Å². The fourth-order valence-electron chi connectivity index (χ4n) is 3.35. The van der Waals surface area contributed by atoms with Gasteiger partial charge in [-0.05, 0) is 22.8 Å². The van der Waals surface area contributed by atoms with Crippen LogP contribution < -0.4 is 0 Å². The van der Waals surface area contributed by atoms with Crippen LogP contribution in [-0.2, 0) is 4.79 Å². The van der Waals surface area contributed by atoms with Crippen molar-refractivity contribution in [2.75, 3.05) is 0 Å². The van der Waals surface area contributed by atoms with Gasteiger partial charge in [-0.1, -0.05) is 91.0 Å². The standard InChI is InChI=1S/C24H20OS/c25-22-17-23(19-12-6-2-7-13-19)26-24(20-14-8-3-9-15-20)21(22)16-18-10-4-1-5-11-18/h1-16,23-24H,17H2. The zero-order valence-corrected chi connectivity index (χ0v) is 15.2. The average molecular weight is 356 g/mol. The number of Topliss-reactive ketones (excluding diaryl/α,β-unsaturated/α-hetero) is 1. The van der Waals surface area contributed by atoms with E-state index >= 15 is 0 Å². The van der Waals surface area contributed by atoms with E-state index in [1.165, 1.54) is 11.1 Å². The third-order valence-electron chi connectivity index (χ3n) is 4.67. The quantitative estimate of drug-likeness (QED) is 0.515. The summed E-state index contributed by atoms with van der Waals surface area (Å²) in [4.78, 5) is 13.1. The highest BCUT2D eigenvalue weighted by Crippen LogP contribution is 2.51. The SMILES string of the molecule is O=C1CC(c2ccccc2)SC(c2ccccc2)C1=Cc1ccccc1. The molecule has 1 nitrogen and oxygen atoms in total. The highest BCUT2D eigenvalue weighted by Gasteiger charge is 2.34. The van der Waals surface area contributed by atoms with Gasteiger partial charge in [-0.3, -0.25) is 4.79 Å². The molecule has 1 fully saturated rings. The fraction of sp³-hybridized carbons (Fsp3) is 0.125. The Hall–Kier alpha value is -2.58. The van der Waals surface area contributed by atoms with Crippen LogP contribution in [0.5, 0.6) is 0 Å². The molecule has 1 aliphatic heterocycles. The van der Waals surface area contributed by atoms with Crippen LogP contribution in [0.1, 0.15) is 33.6 Å². The molecule has 128 valence electrons. The van der Waals surface area contributed by atoms with Crippen LogP contribution in [0.2, 0.25) is 0 Å². The van der Waals surface area contributed by atoms with Gasteiger partial charge in [0.2, 0.25) is 0 Å². The first kappa shape index (κ1) is 16.9. The molecule has 3 aromatic rings. The molecule has 1 aliphatic rings. The first-order valence-electron chi connectivity index (χ1n) is 8.86. The molecule has 0 amide bonds. The van der Waals surface area contributed by atoms with Crippen LogP contribution in [0.3, 0.4) is 0 Å². The Morgan fingerprint density at radius 1 is 0.731 bits per heavy atom. The van der Waals surface area contributed by atoms with Gasteiger partial charge in [-0.15, -0.1) is 11.8 Å². The first-order valence-corrected chi connectivity index (χ1v) is 9.81. The van der Waals surface area contributed by atoms with E-state index in [0.717, 1.165) is 11.1 Å². The number of carbonyl (C=O) groups excluding carboxylic acids is 1. The predicted molar refractivity (Wildman–Crippen MR) is 110 cm³/mol. The minimum Gasteiger partial charge on any atom is -0.294 e. The van der Waals surface area contributed by atoms with Gasteiger partial charge in [0.05, 0.1) is 5.25 Å². The van der Waals surface area contributed by atoms with Gasteiger partial charge >= 0.3 is 0 Å². The topological polar surface area (TPSA) is 17.1 Å². The molecule has 0 spiro atoms. The van der Waals surface area contributed by atoms with E-state index in [4.69, 9.17) is 0 Å². The molecule has 0 N–H and O–H groups in total. The lowest BCUT2D eigenvalue weighted by atomic mass is 9.94. The van der Waals surface area contributed by atoms with Crippen molar-refractivity contribution in [3.05, 3.63) is 113 Å². The third-order valence-corrected chi connectivity index (χ3v) is 6.24. The Morgan fingerprint density at radius 3 is 1.88 bits per heavy atom. The summed E-state index contributed by atoms with van der Waals surface area (Å²) in [6.45, 7) is 0. The lowest BCUT2D eigenvalue weighted by Gasteiger charge is -2.31. The number of hydrogen-bond acceptors (Lipinski definition) is 2. The maximum absolute atomic E-state index is 13.1. The summed E-state index contributed by atoms with van der Waals surface area (Å²) in [5, 5.41) is 0.254. The van der Waals surface area contributed by atoms with Gasteiger partial charge < -0.3 is 0 Å². The van der Waals surface area contributed by atoms with E-state index < -0.39 is 0 Å². The van der Waals surface area contributed by atoms with Gasteiger partial charge in [0, 0.05) is 17.2 Å². The molecular weight excluding hydrogens is 336 g/mol. The molecule has 0 aliphatic carbocycles. The number of rotatable bonds is 3. The Labute approximate surface area is 158 Å². The molecule has 0 saturated carbocycles. The molecule has 2 unspecified atom stereocenters. The van der Waals surface area contributed by atoms with Crippen molar-refractivity contribution in [3.63, 3.8) is 0 Å². The van der Waals surface area contributed by atoms with Crippen molar-refractivity contribution >= 4 is 23.6 Å². The highest BCUT2D eigenvalue weighted by molar-refractivity contribution is 8.00. The van der Waals surface area contributed by atoms with Gasteiger partial charge in [0.25, 0.3) is 0 Å². The maximum Gasteiger partial charge on any atom is 0.161 e. The maximum atomic E-state index is 13.1. The Bertz CT molecular complexity index is 901. The average Bonchev–Trinajstić information content (AvgIpc) is 2.71. The Morgan fingerprint density at radius 2 is 1.27 bits per heavy atom. The smallest absolute Gasteiger partial charge is 0.161 e. The summed E-state index contributed by atoms with van der Waals surface area (Å²) in [7, 11) is 0. The molecule has 0 aromatic heterocycles. The summed E-state index contributed by atoms with van der Waals surface area (Å²) in [6, 6.07) is 30.9. The zero-order valence-electron chi connectivity index (χ0n) is 14.4. The Kier molecular flexibility index (Phi) is 5.03. The lowest BCUT2D eigenvalue weighted by Crippen LogP contribution is -2.19. The van der Waals surface area contributed by atoms with E-state index in [-0.39, 0.29) is 16.3 Å². The number of carbonyl (C=O) groups is 1. The van der Waals surface area contributed by atoms with E-state index in [2.05, 4.69) is 42.5 Å². The van der Waals surface area contributed by atoms with Crippen LogP contribution in [0, 0.1) is 0 Å². The van der Waals surface area contributed by atoms with Crippen molar-refractivity contribution in [2.24, 2.45) is 0 Å². The second-order valence-corrected chi connectivity index (χ2v) is 7.78. The predicted octanol–water partition coefficient (Wildman–Crippen LogP) is 6.26. The Balaban J connectivity index is 1.74. The van der Waals surface area contributed by atoms with Gasteiger partial charge in [-0.2, -0.15) is 0 Å². The molecular formula is C24H20OS. The molecule has 3 aromatic carbocycles. The van der Waals surface area contributed by atoms with Crippen LogP contribution in [0.4, 0.5) is 0 Å². The van der Waals surface area contributed by atoms with Crippen LogP contribution >= 0.6 is 11.8 Å². The summed E-state index contributed by atoms with van der Waals surface area (Å²) in [5.41, 5.74) is 4.40. The van der Waals surface area contributed by atoms with Gasteiger partial charge in [0.15, 0.2) is 5.78 Å². The third kappa shape index (κ3) is 3.66. The number of thioether (sulfide) groups is 1. The summed E-state index contributed by atoms with van der Waals surface area (Å²) in [6.07, 6.45) is 2.62. The molecule has 26 heavy (non-hydrogen) atoms. The van der Waals surface area contributed by atoms with Crippen molar-refractivity contribution in [1.82, 2.24) is 0 Å². The number of benzene rings is 3. The lowest BCUT2D eigenvalue weighted by molar-refractivity contribution is -0.115. The van der Waals surface area contributed by atoms with E-state index in [9.17, 15) is 4.79 Å². The molecule has 1 heterocycles. The molecule has 2 atom stereocenters. The minimum absolute atomic E-state index is 0.0582. The van der Waals surface area contributed by atoms with Crippen molar-refractivity contribution < 1.29 is 4.79 Å². The highest BCUT2D eigenvalue weighted by atomic mass is 32.2. The number of hydrogen-bond donors (Lipinski definition) is 0.